The van der Waals surface area contributed by atoms with Crippen molar-refractivity contribution in [2.75, 3.05) is 25.1 Å². The van der Waals surface area contributed by atoms with Gasteiger partial charge < -0.3 is 19.9 Å². The Kier molecular flexibility index (Phi) is 4.84. The first-order valence-electron chi connectivity index (χ1n) is 6.54. The Balaban J connectivity index is 2.04. The SMILES string of the molecule is CCOc1ccc(NC2CCOCC2)cc1CO. The molecule has 0 saturated carbocycles. The van der Waals surface area contributed by atoms with Crippen LogP contribution in [0, 0.1) is 0 Å². The summed E-state index contributed by atoms with van der Waals surface area (Å²) in [5.41, 5.74) is 1.86. The zero-order valence-electron chi connectivity index (χ0n) is 10.8. The fourth-order valence-corrected chi connectivity index (χ4v) is 2.17. The van der Waals surface area contributed by atoms with Gasteiger partial charge in [0, 0.05) is 30.5 Å². The van der Waals surface area contributed by atoms with Gasteiger partial charge in [0.1, 0.15) is 5.75 Å². The number of benzene rings is 1. The molecule has 1 aliphatic heterocycles. The van der Waals surface area contributed by atoms with Crippen LogP contribution in [-0.4, -0.2) is 31.0 Å². The Morgan fingerprint density at radius 3 is 2.83 bits per heavy atom. The van der Waals surface area contributed by atoms with E-state index in [-0.39, 0.29) is 6.61 Å². The number of hydrogen-bond acceptors (Lipinski definition) is 4. The molecule has 1 saturated heterocycles. The van der Waals surface area contributed by atoms with E-state index in [1.165, 1.54) is 0 Å². The van der Waals surface area contributed by atoms with Gasteiger partial charge in [-0.1, -0.05) is 0 Å². The monoisotopic (exact) mass is 251 g/mol. The Bertz CT molecular complexity index is 375. The number of ether oxygens (including phenoxy) is 2. The lowest BCUT2D eigenvalue weighted by atomic mass is 10.1. The van der Waals surface area contributed by atoms with Gasteiger partial charge in [0.2, 0.25) is 0 Å². The van der Waals surface area contributed by atoms with E-state index in [1.807, 2.05) is 25.1 Å². The molecule has 0 spiro atoms. The standard InChI is InChI=1S/C14H21NO3/c1-2-18-14-4-3-13(9-11(14)10-16)15-12-5-7-17-8-6-12/h3-4,9,12,15-16H,2,5-8,10H2,1H3. The van der Waals surface area contributed by atoms with Gasteiger partial charge in [-0.2, -0.15) is 0 Å². The molecule has 4 heteroatoms. The molecule has 0 unspecified atom stereocenters. The van der Waals surface area contributed by atoms with Gasteiger partial charge in [0.15, 0.2) is 0 Å². The highest BCUT2D eigenvalue weighted by Gasteiger charge is 2.14. The highest BCUT2D eigenvalue weighted by molar-refractivity contribution is 5.51. The van der Waals surface area contributed by atoms with E-state index >= 15 is 0 Å². The summed E-state index contributed by atoms with van der Waals surface area (Å²) >= 11 is 0. The fraction of sp³-hybridized carbons (Fsp3) is 0.571. The van der Waals surface area contributed by atoms with Crippen LogP contribution in [0.2, 0.25) is 0 Å². The number of rotatable bonds is 5. The van der Waals surface area contributed by atoms with Crippen LogP contribution >= 0.6 is 0 Å². The number of hydrogen-bond donors (Lipinski definition) is 2. The molecule has 1 fully saturated rings. The summed E-state index contributed by atoms with van der Waals surface area (Å²) in [7, 11) is 0. The molecule has 0 aliphatic carbocycles. The minimum atomic E-state index is -0.00136. The quantitative estimate of drug-likeness (QED) is 0.842. The molecule has 0 radical (unpaired) electrons. The van der Waals surface area contributed by atoms with E-state index in [9.17, 15) is 5.11 Å². The Labute approximate surface area is 108 Å². The van der Waals surface area contributed by atoms with E-state index in [0.717, 1.165) is 43.1 Å². The van der Waals surface area contributed by atoms with Crippen LogP contribution < -0.4 is 10.1 Å². The molecule has 0 bridgehead atoms. The first kappa shape index (κ1) is 13.2. The molecule has 4 nitrogen and oxygen atoms in total. The van der Waals surface area contributed by atoms with Gasteiger partial charge in [-0.15, -0.1) is 0 Å². The maximum absolute atomic E-state index is 9.35. The molecule has 0 atom stereocenters. The molecule has 0 amide bonds. The molecule has 1 aromatic rings. The van der Waals surface area contributed by atoms with Gasteiger partial charge in [0.05, 0.1) is 13.2 Å². The Morgan fingerprint density at radius 2 is 2.17 bits per heavy atom. The van der Waals surface area contributed by atoms with Crippen molar-refractivity contribution >= 4 is 5.69 Å². The van der Waals surface area contributed by atoms with Crippen LogP contribution in [-0.2, 0) is 11.3 Å². The van der Waals surface area contributed by atoms with E-state index in [1.54, 1.807) is 0 Å². The van der Waals surface area contributed by atoms with Gasteiger partial charge in [0.25, 0.3) is 0 Å². The normalized spacial score (nSPS) is 16.6. The van der Waals surface area contributed by atoms with E-state index in [2.05, 4.69) is 5.32 Å². The van der Waals surface area contributed by atoms with E-state index in [0.29, 0.717) is 12.6 Å². The number of nitrogens with one attached hydrogen (secondary N) is 1. The third-order valence-corrected chi connectivity index (χ3v) is 3.12. The van der Waals surface area contributed by atoms with Crippen LogP contribution in [0.25, 0.3) is 0 Å². The van der Waals surface area contributed by atoms with Gasteiger partial charge >= 0.3 is 0 Å². The zero-order chi connectivity index (χ0) is 12.8. The lowest BCUT2D eigenvalue weighted by molar-refractivity contribution is 0.0904. The summed E-state index contributed by atoms with van der Waals surface area (Å²) < 4.78 is 10.8. The first-order valence-corrected chi connectivity index (χ1v) is 6.54. The van der Waals surface area contributed by atoms with Crippen molar-refractivity contribution in [3.63, 3.8) is 0 Å². The second-order valence-corrected chi connectivity index (χ2v) is 4.44. The van der Waals surface area contributed by atoms with Crippen molar-refractivity contribution in [3.05, 3.63) is 23.8 Å². The maximum atomic E-state index is 9.35. The minimum absolute atomic E-state index is 0.00136. The molecule has 18 heavy (non-hydrogen) atoms. The molecule has 100 valence electrons. The summed E-state index contributed by atoms with van der Waals surface area (Å²) in [6.07, 6.45) is 2.06. The van der Waals surface area contributed by atoms with Gasteiger partial charge in [-0.05, 0) is 38.0 Å². The fourth-order valence-electron chi connectivity index (χ4n) is 2.17. The lowest BCUT2D eigenvalue weighted by Gasteiger charge is -2.24. The average molecular weight is 251 g/mol. The summed E-state index contributed by atoms with van der Waals surface area (Å²) in [4.78, 5) is 0. The molecule has 1 aromatic carbocycles. The van der Waals surface area contributed by atoms with Crippen LogP contribution in [0.15, 0.2) is 18.2 Å². The first-order chi connectivity index (χ1) is 8.83. The van der Waals surface area contributed by atoms with Crippen LogP contribution in [0.1, 0.15) is 25.3 Å². The molecule has 1 aliphatic rings. The number of aliphatic hydroxyl groups excluding tert-OH is 1. The molecule has 1 heterocycles. The molecular weight excluding hydrogens is 230 g/mol. The summed E-state index contributed by atoms with van der Waals surface area (Å²) in [5, 5.41) is 12.8. The Morgan fingerprint density at radius 1 is 1.39 bits per heavy atom. The van der Waals surface area contributed by atoms with Crippen molar-refractivity contribution in [3.8, 4) is 5.75 Å². The largest absolute Gasteiger partial charge is 0.494 e. The molecule has 2 rings (SSSR count). The highest BCUT2D eigenvalue weighted by atomic mass is 16.5. The lowest BCUT2D eigenvalue weighted by Crippen LogP contribution is -2.27. The topological polar surface area (TPSA) is 50.7 Å². The van der Waals surface area contributed by atoms with E-state index < -0.39 is 0 Å². The predicted octanol–water partition coefficient (Wildman–Crippen LogP) is 2.17. The van der Waals surface area contributed by atoms with Gasteiger partial charge in [-0.25, -0.2) is 0 Å². The van der Waals surface area contributed by atoms with Crippen molar-refractivity contribution < 1.29 is 14.6 Å². The smallest absolute Gasteiger partial charge is 0.124 e. The molecule has 0 aromatic heterocycles. The number of anilines is 1. The van der Waals surface area contributed by atoms with Crippen molar-refractivity contribution in [1.29, 1.82) is 0 Å². The van der Waals surface area contributed by atoms with Crippen LogP contribution in [0.3, 0.4) is 0 Å². The molecule has 2 N–H and O–H groups in total. The zero-order valence-corrected chi connectivity index (χ0v) is 10.8. The Hall–Kier alpha value is -1.26. The summed E-state index contributed by atoms with van der Waals surface area (Å²) in [5.74, 6) is 0.762. The predicted molar refractivity (Wildman–Crippen MR) is 71.0 cm³/mol. The maximum Gasteiger partial charge on any atom is 0.124 e. The van der Waals surface area contributed by atoms with Crippen molar-refractivity contribution in [2.45, 2.75) is 32.4 Å². The summed E-state index contributed by atoms with van der Waals surface area (Å²) in [6, 6.07) is 6.33. The van der Waals surface area contributed by atoms with Crippen molar-refractivity contribution in [2.24, 2.45) is 0 Å². The minimum Gasteiger partial charge on any atom is -0.494 e. The average Bonchev–Trinajstić information content (AvgIpc) is 2.42. The van der Waals surface area contributed by atoms with E-state index in [4.69, 9.17) is 9.47 Å². The van der Waals surface area contributed by atoms with Crippen LogP contribution in [0.5, 0.6) is 5.75 Å². The van der Waals surface area contributed by atoms with Crippen molar-refractivity contribution in [1.82, 2.24) is 0 Å². The van der Waals surface area contributed by atoms with Crippen LogP contribution in [0.4, 0.5) is 5.69 Å². The second-order valence-electron chi connectivity index (χ2n) is 4.44. The third-order valence-electron chi connectivity index (χ3n) is 3.12. The highest BCUT2D eigenvalue weighted by Crippen LogP contribution is 2.24. The van der Waals surface area contributed by atoms with Gasteiger partial charge in [-0.3, -0.25) is 0 Å². The second kappa shape index (κ2) is 6.61. The molecular formula is C14H21NO3. The third kappa shape index (κ3) is 3.37. The summed E-state index contributed by atoms with van der Waals surface area (Å²) in [6.45, 7) is 4.19. The number of aliphatic hydroxyl groups is 1.